The van der Waals surface area contributed by atoms with Crippen LogP contribution in [0.4, 0.5) is 4.39 Å². The molecule has 0 spiro atoms. The van der Waals surface area contributed by atoms with Crippen LogP contribution in [0.15, 0.2) is 55.4 Å². The highest BCUT2D eigenvalue weighted by atomic mass is 36.0. The van der Waals surface area contributed by atoms with Crippen LogP contribution in [0.25, 0.3) is 0 Å². The second-order valence-electron chi connectivity index (χ2n) is 7.03. The summed E-state index contributed by atoms with van der Waals surface area (Å²) in [6.07, 6.45) is 9.15. The lowest BCUT2D eigenvalue weighted by Crippen LogP contribution is -2.02. The van der Waals surface area contributed by atoms with Crippen LogP contribution >= 0.6 is 33.0 Å². The summed E-state index contributed by atoms with van der Waals surface area (Å²) in [5.41, 5.74) is 3.26. The first-order valence-corrected chi connectivity index (χ1v) is 14.5. The van der Waals surface area contributed by atoms with Gasteiger partial charge in [0.05, 0.1) is 65.6 Å². The van der Waals surface area contributed by atoms with Gasteiger partial charge < -0.3 is 19.3 Å². The Balaban J connectivity index is 0. The van der Waals surface area contributed by atoms with E-state index >= 15 is 0 Å². The molecule has 0 radical (unpaired) electrons. The number of ether oxygens (including phenoxy) is 3. The number of rotatable bonds is 6. The number of hydrogen-bond donors (Lipinski definition) is 1. The lowest BCUT2D eigenvalue weighted by molar-refractivity contribution is 0.0591. The summed E-state index contributed by atoms with van der Waals surface area (Å²) in [6, 6.07) is 6.77. The molecule has 234 valence electrons. The van der Waals surface area contributed by atoms with Gasteiger partial charge in [-0.2, -0.15) is 5.26 Å². The standard InChI is InChI=1S/C9H8N2O2.C8H8ClNO2.C8H9NO3.CH3F.Cl2OS/c1-13-9(12)8-4-7(2-3-10)5-11-6-8;1-12-8(11)7-2-6(3-9)4-10-5-7;1-12-8(11)7-2-6(5-10)3-9-4-7;1-2;1-4(2)3/h4-6H,2H2,1H3;2,4-5H,3H2,1H3;2-4,10H,5H2,1H3;1H3;/i;;;1D;. The van der Waals surface area contributed by atoms with Gasteiger partial charge >= 0.3 is 17.9 Å². The third-order valence-corrected chi connectivity index (χ3v) is 4.58. The molecule has 0 aliphatic heterocycles. The van der Waals surface area contributed by atoms with Crippen LogP contribution in [0.3, 0.4) is 0 Å². The molecule has 0 unspecified atom stereocenters. The van der Waals surface area contributed by atoms with E-state index in [1.165, 1.54) is 46.1 Å². The topological polar surface area (TPSA) is 179 Å². The van der Waals surface area contributed by atoms with Crippen molar-refractivity contribution in [3.8, 4) is 6.07 Å². The fraction of sp³-hybridized carbons (Fsp3) is 0.269. The first-order chi connectivity index (χ1) is 21.0. The summed E-state index contributed by atoms with van der Waals surface area (Å²) in [4.78, 5) is 44.4. The number of aliphatic hydroxyl groups excluding tert-OH is 1. The van der Waals surface area contributed by atoms with Crippen molar-refractivity contribution in [3.63, 3.8) is 0 Å². The number of carbonyl (C=O) groups excluding carboxylic acids is 3. The first-order valence-electron chi connectivity index (χ1n) is 11.9. The number of nitriles is 1. The number of aromatic nitrogens is 3. The number of halogens is 4. The van der Waals surface area contributed by atoms with Gasteiger partial charge in [0.2, 0.25) is 9.23 Å². The van der Waals surface area contributed by atoms with Gasteiger partial charge in [-0.05, 0) is 34.9 Å². The van der Waals surface area contributed by atoms with Crippen LogP contribution in [0.2, 0.25) is 0 Å². The number of hydrogen-bond acceptors (Lipinski definition) is 12. The van der Waals surface area contributed by atoms with Crippen LogP contribution in [0.1, 0.15) is 49.1 Å². The van der Waals surface area contributed by atoms with E-state index in [-0.39, 0.29) is 13.0 Å². The van der Waals surface area contributed by atoms with E-state index in [0.717, 1.165) is 5.56 Å². The molecule has 0 fully saturated rings. The van der Waals surface area contributed by atoms with Gasteiger partial charge in [-0.15, -0.1) is 11.6 Å². The molecule has 3 rings (SSSR count). The van der Waals surface area contributed by atoms with E-state index < -0.39 is 34.3 Å². The average Bonchev–Trinajstić information content (AvgIpc) is 3.04. The Kier molecular flexibility index (Phi) is 23.7. The van der Waals surface area contributed by atoms with Crippen molar-refractivity contribution in [2.45, 2.75) is 18.9 Å². The molecule has 0 bridgehead atoms. The zero-order valence-corrected chi connectivity index (χ0v) is 26.1. The van der Waals surface area contributed by atoms with Crippen LogP contribution in [-0.2, 0) is 42.3 Å². The molecule has 0 aromatic carbocycles. The van der Waals surface area contributed by atoms with Crippen molar-refractivity contribution in [3.05, 3.63) is 88.8 Å². The third kappa shape index (κ3) is 19.1. The van der Waals surface area contributed by atoms with E-state index in [1.807, 2.05) is 6.07 Å². The summed E-state index contributed by atoms with van der Waals surface area (Å²) in [5, 5.41) is 17.1. The van der Waals surface area contributed by atoms with Gasteiger partial charge in [0.25, 0.3) is 0 Å². The highest BCUT2D eigenvalue weighted by molar-refractivity contribution is 8.26. The highest BCUT2D eigenvalue weighted by Gasteiger charge is 2.07. The van der Waals surface area contributed by atoms with E-state index in [0.29, 0.717) is 33.7 Å². The normalized spacial score (nSPS) is 9.26. The zero-order valence-electron chi connectivity index (χ0n) is 24.0. The maximum Gasteiger partial charge on any atom is 0.339 e. The van der Waals surface area contributed by atoms with Crippen molar-refractivity contribution in [2.75, 3.05) is 28.5 Å². The Hall–Kier alpha value is -3.74. The average molecular weight is 683 g/mol. The maximum absolute atomic E-state index is 11.0. The minimum atomic E-state index is -1.67. The summed E-state index contributed by atoms with van der Waals surface area (Å²) in [5.74, 6) is -0.933. The number of aliphatic hydroxyl groups is 1. The highest BCUT2D eigenvalue weighted by Crippen LogP contribution is 2.07. The number of nitrogens with zero attached hydrogens (tertiary/aromatic N) is 4. The molecule has 0 aliphatic carbocycles. The molecule has 12 nitrogen and oxygen atoms in total. The SMILES string of the molecule is COC(=O)c1cncc(CC#N)c1.COC(=O)c1cncc(CCl)c1.COC(=O)c1cncc(CO)c1.O=S(Cl)Cl.[2H]CF. The maximum atomic E-state index is 11.0. The molecule has 17 heteroatoms. The molecule has 0 aliphatic rings. The van der Waals surface area contributed by atoms with Gasteiger partial charge in [0, 0.05) is 64.4 Å². The van der Waals surface area contributed by atoms with Crippen molar-refractivity contribution in [2.24, 2.45) is 0 Å². The molecule has 1 N–H and O–H groups in total. The fourth-order valence-corrected chi connectivity index (χ4v) is 2.64. The largest absolute Gasteiger partial charge is 0.465 e. The quantitative estimate of drug-likeness (QED) is 0.166. The minimum absolute atomic E-state index is 0.127. The second kappa shape index (κ2) is 25.9. The van der Waals surface area contributed by atoms with Crippen LogP contribution < -0.4 is 0 Å². The predicted molar refractivity (Wildman–Crippen MR) is 158 cm³/mol. The molecule has 0 atom stereocenters. The molecule has 3 aromatic heterocycles. The van der Waals surface area contributed by atoms with Crippen LogP contribution in [0.5, 0.6) is 0 Å². The minimum Gasteiger partial charge on any atom is -0.465 e. The fourth-order valence-electron chi connectivity index (χ4n) is 2.50. The zero-order chi connectivity index (χ0) is 33.9. The Morgan fingerprint density at radius 1 is 0.860 bits per heavy atom. The van der Waals surface area contributed by atoms with Crippen LogP contribution in [-0.4, -0.2) is 70.7 Å². The van der Waals surface area contributed by atoms with E-state index in [2.05, 4.69) is 50.5 Å². The summed E-state index contributed by atoms with van der Waals surface area (Å²) >= 11 is 5.55. The lowest BCUT2D eigenvalue weighted by Gasteiger charge is -1.99. The van der Waals surface area contributed by atoms with Gasteiger partial charge in [-0.25, -0.2) is 18.6 Å². The van der Waals surface area contributed by atoms with Crippen LogP contribution in [0, 0.1) is 11.3 Å². The second-order valence-corrected chi connectivity index (χ2v) is 9.82. The molecule has 0 saturated carbocycles. The molecule has 3 aromatic rings. The number of carbonyl (C=O) groups is 3. The van der Waals surface area contributed by atoms with Gasteiger partial charge in [0.15, 0.2) is 0 Å². The van der Waals surface area contributed by atoms with E-state index in [4.69, 9.17) is 27.5 Å². The molecular weight excluding hydrogens is 654 g/mol. The van der Waals surface area contributed by atoms with Crippen molar-refractivity contribution < 1.29 is 43.7 Å². The molecular formula is C26H28Cl3FN4O8S. The smallest absolute Gasteiger partial charge is 0.339 e. The first kappa shape index (κ1) is 39.3. The van der Waals surface area contributed by atoms with E-state index in [9.17, 15) is 18.8 Å². The lowest BCUT2D eigenvalue weighted by atomic mass is 10.2. The monoisotopic (exact) mass is 681 g/mol. The Morgan fingerprint density at radius 2 is 1.19 bits per heavy atom. The van der Waals surface area contributed by atoms with E-state index in [1.54, 1.807) is 30.6 Å². The Labute approximate surface area is 265 Å². The molecule has 43 heavy (non-hydrogen) atoms. The predicted octanol–water partition coefficient (Wildman–Crippen LogP) is 4.53. The number of esters is 3. The molecule has 3 heterocycles. The third-order valence-electron chi connectivity index (χ3n) is 4.27. The number of pyridine rings is 3. The van der Waals surface area contributed by atoms with Gasteiger partial charge in [-0.1, -0.05) is 0 Å². The molecule has 0 saturated heterocycles. The Morgan fingerprint density at radius 3 is 1.51 bits per heavy atom. The van der Waals surface area contributed by atoms with Crippen molar-refractivity contribution in [1.82, 2.24) is 15.0 Å². The summed E-state index contributed by atoms with van der Waals surface area (Å²) in [6.45, 7) is -0.127. The Bertz CT molecular complexity index is 1310. The van der Waals surface area contributed by atoms with Gasteiger partial charge in [-0.3, -0.25) is 19.3 Å². The van der Waals surface area contributed by atoms with Crippen molar-refractivity contribution >= 4 is 60.1 Å². The van der Waals surface area contributed by atoms with Gasteiger partial charge in [0.1, 0.15) is 0 Å². The summed E-state index contributed by atoms with van der Waals surface area (Å²) < 4.78 is 38.1. The molecule has 0 amide bonds. The number of alkyl halides is 2. The van der Waals surface area contributed by atoms with Crippen molar-refractivity contribution in [1.29, 1.82) is 5.26 Å². The number of methoxy groups -OCH3 is 3. The summed E-state index contributed by atoms with van der Waals surface area (Å²) in [7, 11) is 10.3.